The summed E-state index contributed by atoms with van der Waals surface area (Å²) in [6.07, 6.45) is 5.26. The zero-order valence-electron chi connectivity index (χ0n) is 10.4. The van der Waals surface area contributed by atoms with Gasteiger partial charge in [0.1, 0.15) is 0 Å². The number of ether oxygens (including phenoxy) is 1. The van der Waals surface area contributed by atoms with E-state index in [-0.39, 0.29) is 6.23 Å². The standard InChI is InChI=1S/C14H20N2O/c1-11-5-4-7-13(15-11)14-16-9-3-2-6-12(16)8-10-17-14/h4-5,7,12,14H,2-3,6,8-10H2,1H3. The smallest absolute Gasteiger partial charge is 0.154 e. The Morgan fingerprint density at radius 3 is 3.12 bits per heavy atom. The van der Waals surface area contributed by atoms with Crippen molar-refractivity contribution in [3.8, 4) is 0 Å². The number of hydrogen-bond donors (Lipinski definition) is 0. The molecule has 0 saturated carbocycles. The quantitative estimate of drug-likeness (QED) is 0.744. The van der Waals surface area contributed by atoms with Gasteiger partial charge in [0.25, 0.3) is 0 Å². The lowest BCUT2D eigenvalue weighted by Gasteiger charge is -2.44. The summed E-state index contributed by atoms with van der Waals surface area (Å²) in [7, 11) is 0. The summed E-state index contributed by atoms with van der Waals surface area (Å²) in [6.45, 7) is 4.08. The number of aryl methyl sites for hydroxylation is 1. The molecule has 92 valence electrons. The van der Waals surface area contributed by atoms with E-state index in [9.17, 15) is 0 Å². The third-order valence-electron chi connectivity index (χ3n) is 3.86. The average molecular weight is 232 g/mol. The summed E-state index contributed by atoms with van der Waals surface area (Å²) in [5.74, 6) is 0. The molecule has 2 fully saturated rings. The lowest BCUT2D eigenvalue weighted by molar-refractivity contribution is -0.138. The summed E-state index contributed by atoms with van der Waals surface area (Å²) in [6, 6.07) is 6.92. The lowest BCUT2D eigenvalue weighted by Crippen LogP contribution is -2.47. The first-order chi connectivity index (χ1) is 8.34. The molecule has 0 amide bonds. The molecule has 2 unspecified atom stereocenters. The van der Waals surface area contributed by atoms with Crippen LogP contribution in [-0.2, 0) is 4.74 Å². The van der Waals surface area contributed by atoms with E-state index in [1.165, 1.54) is 25.7 Å². The third kappa shape index (κ3) is 2.22. The molecule has 3 heteroatoms. The van der Waals surface area contributed by atoms with E-state index in [0.717, 1.165) is 24.5 Å². The summed E-state index contributed by atoms with van der Waals surface area (Å²) in [5.41, 5.74) is 2.15. The molecule has 2 aliphatic rings. The van der Waals surface area contributed by atoms with E-state index in [1.807, 2.05) is 13.0 Å². The molecule has 3 nitrogen and oxygen atoms in total. The summed E-state index contributed by atoms with van der Waals surface area (Å²) in [5, 5.41) is 0. The zero-order valence-corrected chi connectivity index (χ0v) is 10.4. The zero-order chi connectivity index (χ0) is 11.7. The lowest BCUT2D eigenvalue weighted by atomic mass is 9.97. The highest BCUT2D eigenvalue weighted by atomic mass is 16.5. The number of nitrogens with zero attached hydrogens (tertiary/aromatic N) is 2. The van der Waals surface area contributed by atoms with Crippen molar-refractivity contribution >= 4 is 0 Å². The van der Waals surface area contributed by atoms with E-state index in [2.05, 4.69) is 22.0 Å². The second kappa shape index (κ2) is 4.75. The predicted octanol–water partition coefficient (Wildman–Crippen LogP) is 2.66. The number of hydrogen-bond acceptors (Lipinski definition) is 3. The molecular weight excluding hydrogens is 212 g/mol. The van der Waals surface area contributed by atoms with Crippen LogP contribution < -0.4 is 0 Å². The molecule has 0 N–H and O–H groups in total. The largest absolute Gasteiger partial charge is 0.357 e. The van der Waals surface area contributed by atoms with E-state index in [4.69, 9.17) is 4.74 Å². The minimum atomic E-state index is 0.0916. The summed E-state index contributed by atoms with van der Waals surface area (Å²) < 4.78 is 5.95. The Morgan fingerprint density at radius 2 is 2.24 bits per heavy atom. The monoisotopic (exact) mass is 232 g/mol. The van der Waals surface area contributed by atoms with E-state index >= 15 is 0 Å². The van der Waals surface area contributed by atoms with Crippen LogP contribution >= 0.6 is 0 Å². The molecule has 0 radical (unpaired) electrons. The molecule has 1 aromatic heterocycles. The topological polar surface area (TPSA) is 25.4 Å². The van der Waals surface area contributed by atoms with Gasteiger partial charge in [0.05, 0.1) is 12.3 Å². The van der Waals surface area contributed by atoms with Crippen molar-refractivity contribution in [2.45, 2.75) is 44.9 Å². The van der Waals surface area contributed by atoms with Crippen molar-refractivity contribution in [1.29, 1.82) is 0 Å². The Balaban J connectivity index is 1.85. The van der Waals surface area contributed by atoms with Gasteiger partial charge in [-0.25, -0.2) is 0 Å². The highest BCUT2D eigenvalue weighted by molar-refractivity contribution is 5.13. The van der Waals surface area contributed by atoms with Crippen molar-refractivity contribution in [1.82, 2.24) is 9.88 Å². The molecule has 0 aromatic carbocycles. The minimum Gasteiger partial charge on any atom is -0.357 e. The molecular formula is C14H20N2O. The SMILES string of the molecule is Cc1cccc(C2OCCC3CCCCN32)n1. The second-order valence-corrected chi connectivity index (χ2v) is 5.10. The van der Waals surface area contributed by atoms with Crippen molar-refractivity contribution < 1.29 is 4.74 Å². The van der Waals surface area contributed by atoms with Crippen molar-refractivity contribution in [2.24, 2.45) is 0 Å². The van der Waals surface area contributed by atoms with Crippen LogP contribution in [0.25, 0.3) is 0 Å². The van der Waals surface area contributed by atoms with E-state index in [1.54, 1.807) is 0 Å². The first-order valence-corrected chi connectivity index (χ1v) is 6.65. The van der Waals surface area contributed by atoms with Crippen LogP contribution in [0.15, 0.2) is 18.2 Å². The molecule has 0 bridgehead atoms. The van der Waals surface area contributed by atoms with Gasteiger partial charge in [0.15, 0.2) is 6.23 Å². The number of rotatable bonds is 1. The fourth-order valence-electron chi connectivity index (χ4n) is 3.01. The maximum absolute atomic E-state index is 5.95. The van der Waals surface area contributed by atoms with Gasteiger partial charge in [0.2, 0.25) is 0 Å². The molecule has 2 saturated heterocycles. The Bertz CT molecular complexity index is 392. The average Bonchev–Trinajstić information content (AvgIpc) is 2.38. The van der Waals surface area contributed by atoms with Crippen molar-refractivity contribution in [3.05, 3.63) is 29.6 Å². The molecule has 0 aliphatic carbocycles. The van der Waals surface area contributed by atoms with E-state index in [0.29, 0.717) is 6.04 Å². The second-order valence-electron chi connectivity index (χ2n) is 5.10. The Morgan fingerprint density at radius 1 is 1.29 bits per heavy atom. The fourth-order valence-corrected chi connectivity index (χ4v) is 3.01. The Hall–Kier alpha value is -0.930. The number of aromatic nitrogens is 1. The molecule has 17 heavy (non-hydrogen) atoms. The number of piperidine rings is 1. The Kier molecular flexibility index (Phi) is 3.12. The van der Waals surface area contributed by atoms with Gasteiger partial charge >= 0.3 is 0 Å². The van der Waals surface area contributed by atoms with Crippen molar-refractivity contribution in [2.75, 3.05) is 13.2 Å². The molecule has 3 rings (SSSR count). The highest BCUT2D eigenvalue weighted by Crippen LogP contribution is 2.33. The van der Waals surface area contributed by atoms with Crippen LogP contribution in [0.4, 0.5) is 0 Å². The van der Waals surface area contributed by atoms with Gasteiger partial charge in [-0.15, -0.1) is 0 Å². The van der Waals surface area contributed by atoms with Gasteiger partial charge in [-0.2, -0.15) is 0 Å². The number of fused-ring (bicyclic) bond motifs is 1. The predicted molar refractivity (Wildman–Crippen MR) is 66.6 cm³/mol. The fraction of sp³-hybridized carbons (Fsp3) is 0.643. The van der Waals surface area contributed by atoms with E-state index < -0.39 is 0 Å². The minimum absolute atomic E-state index is 0.0916. The van der Waals surface area contributed by atoms with Gasteiger partial charge in [-0.3, -0.25) is 9.88 Å². The van der Waals surface area contributed by atoms with Gasteiger partial charge in [0, 0.05) is 18.3 Å². The normalized spacial score (nSPS) is 29.9. The molecule has 0 spiro atoms. The third-order valence-corrected chi connectivity index (χ3v) is 3.86. The Labute approximate surface area is 103 Å². The number of pyridine rings is 1. The maximum atomic E-state index is 5.95. The summed E-state index contributed by atoms with van der Waals surface area (Å²) in [4.78, 5) is 7.13. The van der Waals surface area contributed by atoms with Crippen molar-refractivity contribution in [3.63, 3.8) is 0 Å². The van der Waals surface area contributed by atoms with Gasteiger partial charge in [-0.1, -0.05) is 12.5 Å². The maximum Gasteiger partial charge on any atom is 0.154 e. The van der Waals surface area contributed by atoms with Gasteiger partial charge < -0.3 is 4.74 Å². The van der Waals surface area contributed by atoms with Crippen LogP contribution in [0, 0.1) is 6.92 Å². The molecule has 1 aromatic rings. The summed E-state index contributed by atoms with van der Waals surface area (Å²) >= 11 is 0. The molecule has 3 heterocycles. The first kappa shape index (κ1) is 11.2. The van der Waals surface area contributed by atoms with Crippen LogP contribution in [0.1, 0.15) is 43.3 Å². The molecule has 2 atom stereocenters. The first-order valence-electron chi connectivity index (χ1n) is 6.65. The molecule has 2 aliphatic heterocycles. The van der Waals surface area contributed by atoms with Gasteiger partial charge in [-0.05, 0) is 38.3 Å². The van der Waals surface area contributed by atoms with Crippen LogP contribution in [-0.4, -0.2) is 29.1 Å². The highest BCUT2D eigenvalue weighted by Gasteiger charge is 2.34. The van der Waals surface area contributed by atoms with Crippen LogP contribution in [0.3, 0.4) is 0 Å². The van der Waals surface area contributed by atoms with Crippen LogP contribution in [0.2, 0.25) is 0 Å². The van der Waals surface area contributed by atoms with Crippen LogP contribution in [0.5, 0.6) is 0 Å².